The van der Waals surface area contributed by atoms with E-state index in [1.807, 2.05) is 43.3 Å². The van der Waals surface area contributed by atoms with Gasteiger partial charge in [0.15, 0.2) is 0 Å². The average molecular weight is 240 g/mol. The van der Waals surface area contributed by atoms with Crippen molar-refractivity contribution < 1.29 is 9.84 Å². The van der Waals surface area contributed by atoms with Crippen molar-refractivity contribution in [1.82, 2.24) is 0 Å². The Morgan fingerprint density at radius 2 is 1.78 bits per heavy atom. The molecule has 0 unspecified atom stereocenters. The molecule has 2 aromatic carbocycles. The highest BCUT2D eigenvalue weighted by molar-refractivity contribution is 5.71. The fourth-order valence-electron chi connectivity index (χ4n) is 1.97. The van der Waals surface area contributed by atoms with Crippen LogP contribution in [0.1, 0.15) is 18.4 Å². The van der Waals surface area contributed by atoms with Gasteiger partial charge < -0.3 is 9.84 Å². The molecule has 0 spiro atoms. The van der Waals surface area contributed by atoms with E-state index in [-0.39, 0.29) is 0 Å². The lowest BCUT2D eigenvalue weighted by atomic mass is 10.0. The molecule has 0 atom stereocenters. The molecule has 0 bridgehead atoms. The number of hydrogen-bond acceptors (Lipinski definition) is 2. The van der Waals surface area contributed by atoms with Crippen LogP contribution >= 0.6 is 0 Å². The standard InChI is InChI=1S/C16H16O2/c1-11-2-9-16(17)15(10-11)12-3-5-13(6-4-12)18-14-7-8-14/h2-6,9-10,14,17H,7-8H2,1H3. The Morgan fingerprint density at radius 3 is 2.44 bits per heavy atom. The van der Waals surface area contributed by atoms with E-state index >= 15 is 0 Å². The molecule has 1 fully saturated rings. The second-order valence-electron chi connectivity index (χ2n) is 4.86. The molecule has 0 radical (unpaired) electrons. The molecule has 3 rings (SSSR count). The zero-order valence-electron chi connectivity index (χ0n) is 10.4. The highest BCUT2D eigenvalue weighted by Crippen LogP contribution is 2.32. The maximum atomic E-state index is 9.88. The van der Waals surface area contributed by atoms with E-state index < -0.39 is 0 Å². The minimum absolute atomic E-state index is 0.316. The minimum atomic E-state index is 0.316. The van der Waals surface area contributed by atoms with Crippen LogP contribution in [-0.4, -0.2) is 11.2 Å². The minimum Gasteiger partial charge on any atom is -0.507 e. The number of phenolic OH excluding ortho intramolecular Hbond substituents is 1. The van der Waals surface area contributed by atoms with Crippen LogP contribution in [0.3, 0.4) is 0 Å². The first-order valence-corrected chi connectivity index (χ1v) is 6.29. The van der Waals surface area contributed by atoms with E-state index in [9.17, 15) is 5.11 Å². The van der Waals surface area contributed by atoms with Crippen molar-refractivity contribution in [2.24, 2.45) is 0 Å². The second kappa shape index (κ2) is 4.37. The van der Waals surface area contributed by atoms with E-state index in [4.69, 9.17) is 4.74 Å². The highest BCUT2D eigenvalue weighted by atomic mass is 16.5. The van der Waals surface area contributed by atoms with Gasteiger partial charge >= 0.3 is 0 Å². The lowest BCUT2D eigenvalue weighted by Crippen LogP contribution is -1.95. The summed E-state index contributed by atoms with van der Waals surface area (Å²) in [7, 11) is 0. The number of aromatic hydroxyl groups is 1. The van der Waals surface area contributed by atoms with Crippen molar-refractivity contribution in [2.75, 3.05) is 0 Å². The van der Waals surface area contributed by atoms with Crippen LogP contribution in [0.2, 0.25) is 0 Å². The van der Waals surface area contributed by atoms with Crippen molar-refractivity contribution in [2.45, 2.75) is 25.9 Å². The van der Waals surface area contributed by atoms with Gasteiger partial charge in [0.1, 0.15) is 11.5 Å². The summed E-state index contributed by atoms with van der Waals surface area (Å²) in [5.74, 6) is 1.23. The molecule has 92 valence electrons. The van der Waals surface area contributed by atoms with E-state index in [0.717, 1.165) is 22.4 Å². The lowest BCUT2D eigenvalue weighted by molar-refractivity contribution is 0.303. The maximum Gasteiger partial charge on any atom is 0.123 e. The van der Waals surface area contributed by atoms with Gasteiger partial charge in [0.2, 0.25) is 0 Å². The summed E-state index contributed by atoms with van der Waals surface area (Å²) in [6.07, 6.45) is 2.75. The summed E-state index contributed by atoms with van der Waals surface area (Å²) in [6, 6.07) is 13.6. The fourth-order valence-corrected chi connectivity index (χ4v) is 1.97. The van der Waals surface area contributed by atoms with Crippen molar-refractivity contribution in [1.29, 1.82) is 0 Å². The molecular formula is C16H16O2. The first kappa shape index (κ1) is 11.1. The van der Waals surface area contributed by atoms with Crippen LogP contribution in [0.4, 0.5) is 0 Å². The van der Waals surface area contributed by atoms with Crippen molar-refractivity contribution in [3.05, 3.63) is 48.0 Å². The Bertz CT molecular complexity index is 554. The molecule has 1 aliphatic rings. The van der Waals surface area contributed by atoms with Gasteiger partial charge in [0.05, 0.1) is 6.10 Å². The Balaban J connectivity index is 1.88. The smallest absolute Gasteiger partial charge is 0.123 e. The molecular weight excluding hydrogens is 224 g/mol. The van der Waals surface area contributed by atoms with Gasteiger partial charge in [-0.3, -0.25) is 0 Å². The number of hydrogen-bond donors (Lipinski definition) is 1. The molecule has 2 aromatic rings. The summed E-state index contributed by atoms with van der Waals surface area (Å²) >= 11 is 0. The van der Waals surface area contributed by atoms with Crippen LogP contribution in [0.15, 0.2) is 42.5 Å². The van der Waals surface area contributed by atoms with Gasteiger partial charge in [-0.15, -0.1) is 0 Å². The highest BCUT2D eigenvalue weighted by Gasteiger charge is 2.23. The molecule has 0 aliphatic heterocycles. The molecule has 1 N–H and O–H groups in total. The Morgan fingerprint density at radius 1 is 1.06 bits per heavy atom. The van der Waals surface area contributed by atoms with Crippen molar-refractivity contribution >= 4 is 0 Å². The molecule has 1 aliphatic carbocycles. The molecule has 1 saturated carbocycles. The van der Waals surface area contributed by atoms with Crippen LogP contribution < -0.4 is 4.74 Å². The van der Waals surface area contributed by atoms with Gasteiger partial charge in [-0.05, 0) is 49.6 Å². The summed E-state index contributed by atoms with van der Waals surface area (Å²) in [6.45, 7) is 2.02. The molecule has 0 aromatic heterocycles. The zero-order chi connectivity index (χ0) is 12.5. The summed E-state index contributed by atoms with van der Waals surface area (Å²) in [5, 5.41) is 9.88. The fraction of sp³-hybridized carbons (Fsp3) is 0.250. The average Bonchev–Trinajstić information content (AvgIpc) is 3.17. The third kappa shape index (κ3) is 2.33. The van der Waals surface area contributed by atoms with Gasteiger partial charge in [0, 0.05) is 5.56 Å². The van der Waals surface area contributed by atoms with E-state index in [1.54, 1.807) is 6.07 Å². The lowest BCUT2D eigenvalue weighted by Gasteiger charge is -2.08. The summed E-state index contributed by atoms with van der Waals surface area (Å²) in [4.78, 5) is 0. The van der Waals surface area contributed by atoms with Gasteiger partial charge in [0.25, 0.3) is 0 Å². The first-order valence-electron chi connectivity index (χ1n) is 6.29. The summed E-state index contributed by atoms with van der Waals surface area (Å²) < 4.78 is 5.71. The van der Waals surface area contributed by atoms with E-state index in [2.05, 4.69) is 0 Å². The van der Waals surface area contributed by atoms with Crippen molar-refractivity contribution in [3.8, 4) is 22.6 Å². The van der Waals surface area contributed by atoms with E-state index in [1.165, 1.54) is 12.8 Å². The van der Waals surface area contributed by atoms with Gasteiger partial charge in [-0.2, -0.15) is 0 Å². The van der Waals surface area contributed by atoms with Crippen LogP contribution in [-0.2, 0) is 0 Å². The third-order valence-corrected chi connectivity index (χ3v) is 3.14. The van der Waals surface area contributed by atoms with Crippen LogP contribution in [0.5, 0.6) is 11.5 Å². The SMILES string of the molecule is Cc1ccc(O)c(-c2ccc(OC3CC3)cc2)c1. The molecule has 0 heterocycles. The zero-order valence-corrected chi connectivity index (χ0v) is 10.4. The Hall–Kier alpha value is -1.96. The summed E-state index contributed by atoms with van der Waals surface area (Å²) in [5.41, 5.74) is 3.02. The number of phenols is 1. The molecule has 18 heavy (non-hydrogen) atoms. The quantitative estimate of drug-likeness (QED) is 0.881. The van der Waals surface area contributed by atoms with Crippen LogP contribution in [0, 0.1) is 6.92 Å². The van der Waals surface area contributed by atoms with Gasteiger partial charge in [-0.25, -0.2) is 0 Å². The maximum absolute atomic E-state index is 9.88. The monoisotopic (exact) mass is 240 g/mol. The van der Waals surface area contributed by atoms with Crippen molar-refractivity contribution in [3.63, 3.8) is 0 Å². The van der Waals surface area contributed by atoms with Gasteiger partial charge in [-0.1, -0.05) is 23.8 Å². The number of aryl methyl sites for hydroxylation is 1. The third-order valence-electron chi connectivity index (χ3n) is 3.14. The molecule has 0 amide bonds. The Kier molecular flexibility index (Phi) is 2.71. The Labute approximate surface area is 107 Å². The number of rotatable bonds is 3. The number of benzene rings is 2. The topological polar surface area (TPSA) is 29.5 Å². The normalized spacial score (nSPS) is 14.5. The molecule has 2 nitrogen and oxygen atoms in total. The second-order valence-corrected chi connectivity index (χ2v) is 4.86. The molecule has 2 heteroatoms. The largest absolute Gasteiger partial charge is 0.507 e. The first-order chi connectivity index (χ1) is 8.72. The van der Waals surface area contributed by atoms with E-state index in [0.29, 0.717) is 11.9 Å². The predicted octanol–water partition coefficient (Wildman–Crippen LogP) is 3.91. The number of ether oxygens (including phenoxy) is 1. The molecule has 0 saturated heterocycles. The van der Waals surface area contributed by atoms with Crippen LogP contribution in [0.25, 0.3) is 11.1 Å². The predicted molar refractivity (Wildman–Crippen MR) is 71.9 cm³/mol.